The largest absolute Gasteiger partial charge is 0.496 e. The Hall–Kier alpha value is -1.02. The summed E-state index contributed by atoms with van der Waals surface area (Å²) in [6.45, 7) is 10.9. The molecule has 0 radical (unpaired) electrons. The molecule has 2 aliphatic rings. The van der Waals surface area contributed by atoms with Gasteiger partial charge in [-0.05, 0) is 74.6 Å². The number of benzene rings is 1. The minimum atomic E-state index is 0.665. The molecule has 1 saturated heterocycles. The molecule has 140 valence electrons. The Labute approximate surface area is 154 Å². The van der Waals surface area contributed by atoms with E-state index in [9.17, 15) is 0 Å². The van der Waals surface area contributed by atoms with Crippen molar-refractivity contribution in [3.63, 3.8) is 0 Å². The molecule has 2 nitrogen and oxygen atoms in total. The van der Waals surface area contributed by atoms with Crippen molar-refractivity contribution in [2.45, 2.75) is 65.2 Å². The summed E-state index contributed by atoms with van der Waals surface area (Å²) in [7, 11) is 1.80. The van der Waals surface area contributed by atoms with Crippen LogP contribution in [0, 0.1) is 24.7 Å². The highest BCUT2D eigenvalue weighted by Gasteiger charge is 2.30. The maximum Gasteiger partial charge on any atom is 0.122 e. The van der Waals surface area contributed by atoms with Crippen LogP contribution in [0.3, 0.4) is 0 Å². The zero-order valence-corrected chi connectivity index (χ0v) is 16.8. The molecule has 25 heavy (non-hydrogen) atoms. The topological polar surface area (TPSA) is 12.5 Å². The average Bonchev–Trinajstić information content (AvgIpc) is 2.64. The van der Waals surface area contributed by atoms with E-state index < -0.39 is 0 Å². The van der Waals surface area contributed by atoms with Crippen LogP contribution in [0.2, 0.25) is 0 Å². The Morgan fingerprint density at radius 3 is 2.56 bits per heavy atom. The van der Waals surface area contributed by atoms with E-state index in [0.29, 0.717) is 5.92 Å². The minimum Gasteiger partial charge on any atom is -0.496 e. The summed E-state index contributed by atoms with van der Waals surface area (Å²) in [5, 5.41) is 0. The lowest BCUT2D eigenvalue weighted by molar-refractivity contribution is 0.111. The van der Waals surface area contributed by atoms with Crippen molar-refractivity contribution in [3.05, 3.63) is 29.3 Å². The lowest BCUT2D eigenvalue weighted by Crippen LogP contribution is -2.39. The van der Waals surface area contributed by atoms with Gasteiger partial charge >= 0.3 is 0 Å². The van der Waals surface area contributed by atoms with Gasteiger partial charge in [0, 0.05) is 6.54 Å². The summed E-state index contributed by atoms with van der Waals surface area (Å²) >= 11 is 0. The molecule has 3 atom stereocenters. The number of aryl methyl sites for hydroxylation is 1. The Morgan fingerprint density at radius 1 is 1.12 bits per heavy atom. The first-order chi connectivity index (χ1) is 12.1. The first kappa shape index (κ1) is 18.8. The maximum atomic E-state index is 5.63. The zero-order chi connectivity index (χ0) is 17.8. The van der Waals surface area contributed by atoms with Crippen LogP contribution in [0.15, 0.2) is 18.2 Å². The van der Waals surface area contributed by atoms with Crippen molar-refractivity contribution in [2.75, 3.05) is 26.7 Å². The van der Waals surface area contributed by atoms with Crippen LogP contribution in [-0.2, 0) is 0 Å². The van der Waals surface area contributed by atoms with Gasteiger partial charge in [-0.3, -0.25) is 0 Å². The molecule has 3 rings (SSSR count). The van der Waals surface area contributed by atoms with Gasteiger partial charge in [0.05, 0.1) is 7.11 Å². The van der Waals surface area contributed by atoms with Crippen LogP contribution in [0.1, 0.15) is 69.4 Å². The van der Waals surface area contributed by atoms with Gasteiger partial charge in [-0.1, -0.05) is 50.8 Å². The smallest absolute Gasteiger partial charge is 0.122 e. The lowest BCUT2D eigenvalue weighted by atomic mass is 9.73. The predicted octanol–water partition coefficient (Wildman–Crippen LogP) is 5.65. The molecule has 1 aromatic carbocycles. The number of likely N-dealkylation sites (tertiary alicyclic amines) is 1. The summed E-state index contributed by atoms with van der Waals surface area (Å²) < 4.78 is 5.63. The van der Waals surface area contributed by atoms with Gasteiger partial charge in [-0.15, -0.1) is 0 Å². The second-order valence-corrected chi connectivity index (χ2v) is 8.64. The maximum absolute atomic E-state index is 5.63. The molecule has 1 heterocycles. The third kappa shape index (κ3) is 4.58. The average molecular weight is 344 g/mol. The van der Waals surface area contributed by atoms with E-state index in [0.717, 1.165) is 23.5 Å². The fourth-order valence-electron chi connectivity index (χ4n) is 5.07. The van der Waals surface area contributed by atoms with Crippen LogP contribution >= 0.6 is 0 Å². The highest BCUT2D eigenvalue weighted by Crippen LogP contribution is 2.38. The molecule has 1 saturated carbocycles. The molecule has 0 amide bonds. The van der Waals surface area contributed by atoms with Crippen molar-refractivity contribution in [3.8, 4) is 5.75 Å². The second-order valence-electron chi connectivity index (χ2n) is 8.64. The highest BCUT2D eigenvalue weighted by atomic mass is 16.5. The van der Waals surface area contributed by atoms with E-state index in [-0.39, 0.29) is 0 Å². The van der Waals surface area contributed by atoms with E-state index in [1.165, 1.54) is 69.3 Å². The molecule has 0 aromatic heterocycles. The molecule has 0 bridgehead atoms. The summed E-state index contributed by atoms with van der Waals surface area (Å²) in [6.07, 6.45) is 8.29. The fraction of sp³-hybridized carbons (Fsp3) is 0.739. The molecule has 1 unspecified atom stereocenters. The van der Waals surface area contributed by atoms with Crippen molar-refractivity contribution >= 4 is 0 Å². The van der Waals surface area contributed by atoms with E-state index in [1.807, 2.05) is 0 Å². The predicted molar refractivity (Wildman–Crippen MR) is 106 cm³/mol. The summed E-state index contributed by atoms with van der Waals surface area (Å²) in [5.41, 5.74) is 2.78. The number of ether oxygens (including phenoxy) is 1. The molecule has 1 aliphatic carbocycles. The van der Waals surface area contributed by atoms with Crippen LogP contribution in [0.25, 0.3) is 0 Å². The summed E-state index contributed by atoms with van der Waals surface area (Å²) in [4.78, 5) is 2.75. The van der Waals surface area contributed by atoms with Crippen molar-refractivity contribution in [1.29, 1.82) is 0 Å². The van der Waals surface area contributed by atoms with Crippen molar-refractivity contribution < 1.29 is 4.74 Å². The normalized spacial score (nSPS) is 28.9. The van der Waals surface area contributed by atoms with E-state index >= 15 is 0 Å². The molecule has 1 aliphatic heterocycles. The Morgan fingerprint density at radius 2 is 1.88 bits per heavy atom. The Kier molecular flexibility index (Phi) is 6.44. The molecule has 1 aromatic rings. The van der Waals surface area contributed by atoms with E-state index in [2.05, 4.69) is 43.9 Å². The third-order valence-electron chi connectivity index (χ3n) is 6.95. The molecule has 0 spiro atoms. The number of hydrogen-bond donors (Lipinski definition) is 0. The number of hydrogen-bond acceptors (Lipinski definition) is 2. The Bertz CT molecular complexity index is 547. The molecule has 2 fully saturated rings. The van der Waals surface area contributed by atoms with Gasteiger partial charge in [0.1, 0.15) is 5.75 Å². The fourth-order valence-corrected chi connectivity index (χ4v) is 5.07. The van der Waals surface area contributed by atoms with Gasteiger partial charge < -0.3 is 9.64 Å². The second kappa shape index (κ2) is 8.58. The van der Waals surface area contributed by atoms with Crippen molar-refractivity contribution in [2.24, 2.45) is 17.8 Å². The molecule has 0 N–H and O–H groups in total. The van der Waals surface area contributed by atoms with Gasteiger partial charge in [0.2, 0.25) is 0 Å². The quantitative estimate of drug-likeness (QED) is 0.685. The van der Waals surface area contributed by atoms with E-state index in [4.69, 9.17) is 4.74 Å². The SMILES string of the molecule is CC[C@@H]1CC[C@@H](C)C(CN2CCC(c3cc(C)ccc3OC)CC2)C1. The van der Waals surface area contributed by atoms with Crippen molar-refractivity contribution in [1.82, 2.24) is 4.90 Å². The summed E-state index contributed by atoms with van der Waals surface area (Å²) in [5.74, 6) is 4.56. The van der Waals surface area contributed by atoms with Crippen LogP contribution < -0.4 is 4.74 Å². The lowest BCUT2D eigenvalue weighted by Gasteiger charge is -2.40. The van der Waals surface area contributed by atoms with Gasteiger partial charge in [0.25, 0.3) is 0 Å². The van der Waals surface area contributed by atoms with Crippen LogP contribution in [-0.4, -0.2) is 31.6 Å². The van der Waals surface area contributed by atoms with Gasteiger partial charge in [-0.25, -0.2) is 0 Å². The standard InChI is InChI=1S/C23H37NO/c1-5-19-8-7-18(3)21(15-19)16-24-12-10-20(11-13-24)22-14-17(2)6-9-23(22)25-4/h6,9,14,18-21H,5,7-8,10-13,15-16H2,1-4H3/t18-,19-,21?/m1/s1. The summed E-state index contributed by atoms with van der Waals surface area (Å²) in [6, 6.07) is 6.64. The van der Waals surface area contributed by atoms with Gasteiger partial charge in [0.15, 0.2) is 0 Å². The number of nitrogens with zero attached hydrogens (tertiary/aromatic N) is 1. The number of methoxy groups -OCH3 is 1. The molecule has 2 heteroatoms. The minimum absolute atomic E-state index is 0.665. The van der Waals surface area contributed by atoms with Crippen LogP contribution in [0.4, 0.5) is 0 Å². The highest BCUT2D eigenvalue weighted by molar-refractivity contribution is 5.39. The monoisotopic (exact) mass is 343 g/mol. The number of piperidine rings is 1. The molecular formula is C23H37NO. The molecular weight excluding hydrogens is 306 g/mol. The van der Waals surface area contributed by atoms with Gasteiger partial charge in [-0.2, -0.15) is 0 Å². The Balaban J connectivity index is 1.56. The van der Waals surface area contributed by atoms with E-state index in [1.54, 1.807) is 7.11 Å². The third-order valence-corrected chi connectivity index (χ3v) is 6.95. The number of rotatable bonds is 5. The van der Waals surface area contributed by atoms with Crippen LogP contribution in [0.5, 0.6) is 5.75 Å². The first-order valence-corrected chi connectivity index (χ1v) is 10.5. The zero-order valence-electron chi connectivity index (χ0n) is 16.8. The first-order valence-electron chi connectivity index (χ1n) is 10.5.